The second-order valence-corrected chi connectivity index (χ2v) is 6.37. The maximum absolute atomic E-state index is 12.1. The summed E-state index contributed by atoms with van der Waals surface area (Å²) in [6.07, 6.45) is 9.73. The van der Waals surface area contributed by atoms with Crippen LogP contribution in [0.3, 0.4) is 0 Å². The van der Waals surface area contributed by atoms with Crippen LogP contribution in [0.5, 0.6) is 0 Å². The fraction of sp³-hybridized carbons (Fsp3) is 0.929. The molecule has 2 atom stereocenters. The molecule has 2 nitrogen and oxygen atoms in total. The van der Waals surface area contributed by atoms with E-state index in [1.165, 1.54) is 32.1 Å². The second kappa shape index (κ2) is 6.77. The minimum atomic E-state index is 0.398. The summed E-state index contributed by atoms with van der Waals surface area (Å²) < 4.78 is 0. The summed E-state index contributed by atoms with van der Waals surface area (Å²) >= 11 is 3.42. The summed E-state index contributed by atoms with van der Waals surface area (Å²) in [4.78, 5) is 14.2. The second-order valence-electron chi connectivity index (χ2n) is 5.58. The molecule has 1 saturated carbocycles. The number of unbranched alkanes of at least 4 members (excludes halogenated alkanes) is 1. The van der Waals surface area contributed by atoms with Gasteiger partial charge in [0.15, 0.2) is 0 Å². The molecule has 1 aliphatic heterocycles. The number of hydrogen-bond donors (Lipinski definition) is 0. The number of alkyl halides is 1. The number of piperidine rings is 1. The van der Waals surface area contributed by atoms with Crippen LogP contribution in [-0.2, 0) is 4.79 Å². The molecule has 1 amide bonds. The number of halogens is 1. The lowest BCUT2D eigenvalue weighted by molar-refractivity contribution is -0.134. The maximum Gasteiger partial charge on any atom is 0.222 e. The minimum Gasteiger partial charge on any atom is -0.342 e. The summed E-state index contributed by atoms with van der Waals surface area (Å²) in [5.41, 5.74) is 0. The Bertz CT molecular complexity index is 257. The molecular weight excluding hydrogens is 278 g/mol. The van der Waals surface area contributed by atoms with Gasteiger partial charge in [-0.15, -0.1) is 0 Å². The Kier molecular flexibility index (Phi) is 5.33. The van der Waals surface area contributed by atoms with Crippen LogP contribution >= 0.6 is 15.9 Å². The monoisotopic (exact) mass is 301 g/mol. The molecule has 1 saturated heterocycles. The normalized spacial score (nSPS) is 28.9. The number of carbonyl (C=O) groups excluding carboxylic acids is 1. The average Bonchev–Trinajstić information content (AvgIpc) is 2.38. The van der Waals surface area contributed by atoms with E-state index < -0.39 is 0 Å². The molecule has 98 valence electrons. The quantitative estimate of drug-likeness (QED) is 0.574. The highest BCUT2D eigenvalue weighted by Gasteiger charge is 2.32. The first-order chi connectivity index (χ1) is 8.31. The van der Waals surface area contributed by atoms with Crippen molar-refractivity contribution in [3.63, 3.8) is 0 Å². The minimum absolute atomic E-state index is 0.398. The number of hydrogen-bond acceptors (Lipinski definition) is 1. The fourth-order valence-corrected chi connectivity index (χ4v) is 3.75. The first-order valence-electron chi connectivity index (χ1n) is 7.15. The lowest BCUT2D eigenvalue weighted by atomic mass is 9.75. The zero-order valence-electron chi connectivity index (χ0n) is 10.7. The van der Waals surface area contributed by atoms with Crippen LogP contribution in [0.15, 0.2) is 0 Å². The van der Waals surface area contributed by atoms with E-state index in [2.05, 4.69) is 20.8 Å². The summed E-state index contributed by atoms with van der Waals surface area (Å²) in [5.74, 6) is 2.14. The Labute approximate surface area is 113 Å². The predicted octanol–water partition coefficient (Wildman–Crippen LogP) is 3.59. The highest BCUT2D eigenvalue weighted by molar-refractivity contribution is 9.09. The Morgan fingerprint density at radius 1 is 1.12 bits per heavy atom. The van der Waals surface area contributed by atoms with E-state index in [0.717, 1.165) is 49.5 Å². The Morgan fingerprint density at radius 2 is 1.88 bits per heavy atom. The van der Waals surface area contributed by atoms with Crippen LogP contribution in [0.25, 0.3) is 0 Å². The lowest BCUT2D eigenvalue weighted by Gasteiger charge is -2.41. The SMILES string of the molecule is O=C(CCCCBr)N1CCC2CCCCC2C1. The van der Waals surface area contributed by atoms with Crippen LogP contribution < -0.4 is 0 Å². The molecule has 2 fully saturated rings. The lowest BCUT2D eigenvalue weighted by Crippen LogP contribution is -2.44. The van der Waals surface area contributed by atoms with Gasteiger partial charge in [0.1, 0.15) is 0 Å². The number of nitrogens with zero attached hydrogens (tertiary/aromatic N) is 1. The molecule has 0 N–H and O–H groups in total. The highest BCUT2D eigenvalue weighted by atomic mass is 79.9. The van der Waals surface area contributed by atoms with Gasteiger partial charge in [-0.25, -0.2) is 0 Å². The fourth-order valence-electron chi connectivity index (χ4n) is 3.36. The summed E-state index contributed by atoms with van der Waals surface area (Å²) in [6, 6.07) is 0. The molecule has 0 spiro atoms. The van der Waals surface area contributed by atoms with E-state index in [-0.39, 0.29) is 0 Å². The van der Waals surface area contributed by atoms with Gasteiger partial charge >= 0.3 is 0 Å². The first-order valence-corrected chi connectivity index (χ1v) is 8.27. The Balaban J connectivity index is 1.76. The first kappa shape index (κ1) is 13.4. The van der Waals surface area contributed by atoms with Crippen molar-refractivity contribution in [3.8, 4) is 0 Å². The van der Waals surface area contributed by atoms with Crippen molar-refractivity contribution in [3.05, 3.63) is 0 Å². The molecule has 2 rings (SSSR count). The van der Waals surface area contributed by atoms with Crippen LogP contribution in [0.1, 0.15) is 51.4 Å². The van der Waals surface area contributed by atoms with Gasteiger partial charge < -0.3 is 4.90 Å². The molecule has 17 heavy (non-hydrogen) atoms. The number of likely N-dealkylation sites (tertiary alicyclic amines) is 1. The average molecular weight is 302 g/mol. The standard InChI is InChI=1S/C14H24BrNO/c15-9-4-3-7-14(17)16-10-8-12-5-1-2-6-13(12)11-16/h12-13H,1-11H2. The van der Waals surface area contributed by atoms with Crippen LogP contribution in [0.4, 0.5) is 0 Å². The molecule has 0 bridgehead atoms. The van der Waals surface area contributed by atoms with Crippen molar-refractivity contribution in [2.24, 2.45) is 11.8 Å². The van der Waals surface area contributed by atoms with Gasteiger partial charge in [-0.05, 0) is 37.5 Å². The van der Waals surface area contributed by atoms with Crippen molar-refractivity contribution in [1.82, 2.24) is 4.90 Å². The van der Waals surface area contributed by atoms with Gasteiger partial charge in [0.2, 0.25) is 5.91 Å². The van der Waals surface area contributed by atoms with Gasteiger partial charge in [0.25, 0.3) is 0 Å². The van der Waals surface area contributed by atoms with Crippen molar-refractivity contribution in [2.75, 3.05) is 18.4 Å². The number of rotatable bonds is 4. The topological polar surface area (TPSA) is 20.3 Å². The van der Waals surface area contributed by atoms with E-state index in [4.69, 9.17) is 0 Å². The number of carbonyl (C=O) groups is 1. The van der Waals surface area contributed by atoms with Gasteiger partial charge in [-0.3, -0.25) is 4.79 Å². The van der Waals surface area contributed by atoms with Crippen LogP contribution in [-0.4, -0.2) is 29.2 Å². The molecular formula is C14H24BrNO. The van der Waals surface area contributed by atoms with Gasteiger partial charge in [-0.1, -0.05) is 35.2 Å². The number of amides is 1. The molecule has 0 aromatic heterocycles. The largest absolute Gasteiger partial charge is 0.342 e. The summed E-state index contributed by atoms with van der Waals surface area (Å²) in [6.45, 7) is 2.08. The Hall–Kier alpha value is -0.0500. The third-order valence-electron chi connectivity index (χ3n) is 4.42. The van der Waals surface area contributed by atoms with Crippen molar-refractivity contribution < 1.29 is 4.79 Å². The van der Waals surface area contributed by atoms with Gasteiger partial charge in [0.05, 0.1) is 0 Å². The summed E-state index contributed by atoms with van der Waals surface area (Å²) in [7, 11) is 0. The van der Waals surface area contributed by atoms with Crippen molar-refractivity contribution >= 4 is 21.8 Å². The molecule has 1 aliphatic carbocycles. The molecule has 0 aromatic carbocycles. The molecule has 2 aliphatic rings. The molecule has 1 heterocycles. The van der Waals surface area contributed by atoms with E-state index in [9.17, 15) is 4.79 Å². The molecule has 0 radical (unpaired) electrons. The maximum atomic E-state index is 12.1. The van der Waals surface area contributed by atoms with E-state index in [1.54, 1.807) is 0 Å². The van der Waals surface area contributed by atoms with E-state index in [0.29, 0.717) is 5.91 Å². The third kappa shape index (κ3) is 3.70. The zero-order valence-corrected chi connectivity index (χ0v) is 12.3. The molecule has 3 heteroatoms. The molecule has 0 aromatic rings. The highest BCUT2D eigenvalue weighted by Crippen LogP contribution is 2.36. The third-order valence-corrected chi connectivity index (χ3v) is 4.98. The van der Waals surface area contributed by atoms with Gasteiger partial charge in [-0.2, -0.15) is 0 Å². The smallest absolute Gasteiger partial charge is 0.222 e. The van der Waals surface area contributed by atoms with E-state index >= 15 is 0 Å². The van der Waals surface area contributed by atoms with Crippen LogP contribution in [0.2, 0.25) is 0 Å². The van der Waals surface area contributed by atoms with Gasteiger partial charge in [0, 0.05) is 24.8 Å². The zero-order chi connectivity index (χ0) is 12.1. The van der Waals surface area contributed by atoms with Crippen molar-refractivity contribution in [2.45, 2.75) is 51.4 Å². The molecule has 2 unspecified atom stereocenters. The summed E-state index contributed by atoms with van der Waals surface area (Å²) in [5, 5.41) is 1.02. The van der Waals surface area contributed by atoms with Crippen molar-refractivity contribution in [1.29, 1.82) is 0 Å². The predicted molar refractivity (Wildman–Crippen MR) is 74.3 cm³/mol. The van der Waals surface area contributed by atoms with Crippen LogP contribution in [0, 0.1) is 11.8 Å². The Morgan fingerprint density at radius 3 is 2.65 bits per heavy atom. The van der Waals surface area contributed by atoms with E-state index in [1.807, 2.05) is 0 Å². The number of fused-ring (bicyclic) bond motifs is 1.